The van der Waals surface area contributed by atoms with Gasteiger partial charge in [-0.05, 0) is 41.6 Å². The van der Waals surface area contributed by atoms with Crippen molar-refractivity contribution in [1.82, 2.24) is 10.2 Å². The normalized spacial score (nSPS) is 11.3. The van der Waals surface area contributed by atoms with Gasteiger partial charge < -0.3 is 11.1 Å². The third-order valence-electron chi connectivity index (χ3n) is 3.86. The van der Waals surface area contributed by atoms with Gasteiger partial charge in [0.05, 0.1) is 16.1 Å². The number of benzene rings is 2. The lowest BCUT2D eigenvalue weighted by molar-refractivity contribution is 0.0995. The number of nitrogens with zero attached hydrogens (tertiary/aromatic N) is 2. The zero-order valence-electron chi connectivity index (χ0n) is 13.9. The molecule has 0 atom stereocenters. The molecule has 0 aliphatic carbocycles. The average Bonchev–Trinajstić information content (AvgIpc) is 2.61. The highest BCUT2D eigenvalue weighted by Crippen LogP contribution is 2.29. The summed E-state index contributed by atoms with van der Waals surface area (Å²) in [5.41, 5.74) is 8.04. The van der Waals surface area contributed by atoms with Crippen molar-refractivity contribution in [1.29, 1.82) is 0 Å². The van der Waals surface area contributed by atoms with Gasteiger partial charge in [0.15, 0.2) is 15.5 Å². The van der Waals surface area contributed by atoms with Crippen LogP contribution >= 0.6 is 0 Å². The van der Waals surface area contributed by atoms with Crippen LogP contribution in [0.4, 0.5) is 5.69 Å². The van der Waals surface area contributed by atoms with Crippen molar-refractivity contribution >= 4 is 32.3 Å². The topological polar surface area (TPSA) is 115 Å². The fourth-order valence-corrected chi connectivity index (χ4v) is 3.23. The first-order valence-electron chi connectivity index (χ1n) is 7.59. The molecule has 1 amide bonds. The highest BCUT2D eigenvalue weighted by Gasteiger charge is 2.15. The molecular formula is C18H16N4O3S. The lowest BCUT2D eigenvalue weighted by Crippen LogP contribution is -2.16. The number of rotatable bonds is 5. The van der Waals surface area contributed by atoms with Gasteiger partial charge in [0, 0.05) is 11.6 Å². The van der Waals surface area contributed by atoms with Gasteiger partial charge in [-0.3, -0.25) is 4.79 Å². The first-order valence-corrected chi connectivity index (χ1v) is 9.48. The summed E-state index contributed by atoms with van der Waals surface area (Å²) in [6.07, 6.45) is 2.60. The first kappa shape index (κ1) is 17.6. The van der Waals surface area contributed by atoms with E-state index in [1.807, 2.05) is 6.07 Å². The smallest absolute Gasteiger partial charge is 0.271 e. The molecule has 3 aromatic rings. The molecule has 0 saturated carbocycles. The fourth-order valence-electron chi connectivity index (χ4n) is 2.60. The van der Waals surface area contributed by atoms with Gasteiger partial charge >= 0.3 is 0 Å². The number of primary amides is 1. The van der Waals surface area contributed by atoms with E-state index < -0.39 is 15.7 Å². The Balaban J connectivity index is 2.11. The number of carbonyl (C=O) groups excluding carboxylic acids is 1. The summed E-state index contributed by atoms with van der Waals surface area (Å²) in [5, 5.41) is 11.5. The molecule has 2 aromatic carbocycles. The van der Waals surface area contributed by atoms with Crippen LogP contribution < -0.4 is 11.1 Å². The maximum Gasteiger partial charge on any atom is 0.271 e. The number of fused-ring (bicyclic) bond motifs is 1. The van der Waals surface area contributed by atoms with Gasteiger partial charge in [-0.25, -0.2) is 8.42 Å². The molecule has 1 aromatic heterocycles. The van der Waals surface area contributed by atoms with Crippen molar-refractivity contribution in [2.24, 2.45) is 5.73 Å². The molecule has 3 rings (SSSR count). The minimum Gasteiger partial charge on any atom is -0.364 e. The summed E-state index contributed by atoms with van der Waals surface area (Å²) in [7, 11) is -3.25. The number of anilines is 1. The van der Waals surface area contributed by atoms with E-state index >= 15 is 0 Å². The molecule has 0 fully saturated rings. The summed E-state index contributed by atoms with van der Waals surface area (Å²) >= 11 is 0. The number of sulfone groups is 1. The lowest BCUT2D eigenvalue weighted by Gasteiger charge is -2.10. The number of amides is 1. The lowest BCUT2D eigenvalue weighted by atomic mass is 10.0. The van der Waals surface area contributed by atoms with Crippen LogP contribution in [0.15, 0.2) is 60.1 Å². The standard InChI is InChI=1S/C18H16N4O3S/c1-3-20-16-14-9-6-12(10-15(14)21-22-17(16)18(19)23)11-4-7-13(8-5-11)26(2,24)25/h3-10H,1H2,2H3,(H2,19,23)(H,20,21). The van der Waals surface area contributed by atoms with Crippen LogP contribution in [-0.4, -0.2) is 30.8 Å². The van der Waals surface area contributed by atoms with E-state index in [2.05, 4.69) is 22.1 Å². The molecule has 0 radical (unpaired) electrons. The molecule has 0 bridgehead atoms. The number of carbonyl (C=O) groups is 1. The number of aromatic nitrogens is 2. The van der Waals surface area contributed by atoms with E-state index in [0.717, 1.165) is 17.4 Å². The Labute approximate surface area is 150 Å². The first-order chi connectivity index (χ1) is 12.3. The number of nitrogens with two attached hydrogens (primary N) is 1. The summed E-state index contributed by atoms with van der Waals surface area (Å²) in [5.74, 6) is -0.691. The molecule has 3 N–H and O–H groups in total. The Kier molecular flexibility index (Phi) is 4.43. The van der Waals surface area contributed by atoms with Crippen molar-refractivity contribution in [3.63, 3.8) is 0 Å². The number of hydrogen-bond donors (Lipinski definition) is 2. The SMILES string of the molecule is C=CNc1c(C(N)=O)nnc2cc(-c3ccc(S(C)(=O)=O)cc3)ccc12. The third kappa shape index (κ3) is 3.27. The monoisotopic (exact) mass is 368 g/mol. The fraction of sp³-hybridized carbons (Fsp3) is 0.0556. The maximum atomic E-state index is 11.6. The van der Waals surface area contributed by atoms with Crippen molar-refractivity contribution in [2.45, 2.75) is 4.90 Å². The van der Waals surface area contributed by atoms with Crippen molar-refractivity contribution in [3.05, 3.63) is 60.9 Å². The highest BCUT2D eigenvalue weighted by molar-refractivity contribution is 7.90. The summed E-state index contributed by atoms with van der Waals surface area (Å²) in [6, 6.07) is 12.0. The highest BCUT2D eigenvalue weighted by atomic mass is 32.2. The molecular weight excluding hydrogens is 352 g/mol. The predicted octanol–water partition coefficient (Wildman–Crippen LogP) is 2.35. The Morgan fingerprint density at radius 2 is 1.77 bits per heavy atom. The largest absolute Gasteiger partial charge is 0.364 e. The Morgan fingerprint density at radius 1 is 1.12 bits per heavy atom. The molecule has 0 saturated heterocycles. The second-order valence-corrected chi connectivity index (χ2v) is 7.68. The predicted molar refractivity (Wildman–Crippen MR) is 100 cm³/mol. The van der Waals surface area contributed by atoms with Crippen molar-refractivity contribution in [3.8, 4) is 11.1 Å². The summed E-state index contributed by atoms with van der Waals surface area (Å²) in [4.78, 5) is 11.8. The molecule has 132 valence electrons. The van der Waals surface area contributed by atoms with E-state index in [0.29, 0.717) is 16.6 Å². The average molecular weight is 368 g/mol. The minimum atomic E-state index is -3.25. The van der Waals surface area contributed by atoms with Gasteiger partial charge in [-0.15, -0.1) is 10.2 Å². The van der Waals surface area contributed by atoms with Crippen molar-refractivity contribution in [2.75, 3.05) is 11.6 Å². The number of hydrogen-bond acceptors (Lipinski definition) is 6. The second-order valence-electron chi connectivity index (χ2n) is 5.66. The molecule has 0 aliphatic rings. The quantitative estimate of drug-likeness (QED) is 0.714. The summed E-state index contributed by atoms with van der Waals surface area (Å²) < 4.78 is 23.1. The van der Waals surface area contributed by atoms with E-state index in [1.165, 1.54) is 6.20 Å². The second kappa shape index (κ2) is 6.57. The van der Waals surface area contributed by atoms with Crippen molar-refractivity contribution < 1.29 is 13.2 Å². The molecule has 0 aliphatic heterocycles. The third-order valence-corrected chi connectivity index (χ3v) is 4.99. The minimum absolute atomic E-state index is 0.0302. The van der Waals surface area contributed by atoms with Crippen LogP contribution in [0.1, 0.15) is 10.5 Å². The van der Waals surface area contributed by atoms with E-state index in [4.69, 9.17) is 5.73 Å². The van der Waals surface area contributed by atoms with Gasteiger partial charge in [0.2, 0.25) is 0 Å². The van der Waals surface area contributed by atoms with Crippen LogP contribution in [-0.2, 0) is 9.84 Å². The zero-order chi connectivity index (χ0) is 18.9. The molecule has 26 heavy (non-hydrogen) atoms. The van der Waals surface area contributed by atoms with E-state index in [-0.39, 0.29) is 10.6 Å². The van der Waals surface area contributed by atoms with E-state index in [9.17, 15) is 13.2 Å². The van der Waals surface area contributed by atoms with Crippen LogP contribution in [0.5, 0.6) is 0 Å². The van der Waals surface area contributed by atoms with Gasteiger partial charge in [-0.2, -0.15) is 0 Å². The van der Waals surface area contributed by atoms with E-state index in [1.54, 1.807) is 36.4 Å². The van der Waals surface area contributed by atoms with Crippen LogP contribution in [0.2, 0.25) is 0 Å². The maximum absolute atomic E-state index is 11.6. The molecule has 1 heterocycles. The molecule has 8 heteroatoms. The Hall–Kier alpha value is -3.26. The molecule has 0 spiro atoms. The van der Waals surface area contributed by atoms with Crippen LogP contribution in [0.25, 0.3) is 22.0 Å². The van der Waals surface area contributed by atoms with Crippen LogP contribution in [0.3, 0.4) is 0 Å². The Morgan fingerprint density at radius 3 is 2.35 bits per heavy atom. The molecule has 0 unspecified atom stereocenters. The van der Waals surface area contributed by atoms with Gasteiger partial charge in [-0.1, -0.05) is 24.8 Å². The molecule has 7 nitrogen and oxygen atoms in total. The zero-order valence-corrected chi connectivity index (χ0v) is 14.7. The van der Waals surface area contributed by atoms with Gasteiger partial charge in [0.1, 0.15) is 0 Å². The van der Waals surface area contributed by atoms with Gasteiger partial charge in [0.25, 0.3) is 5.91 Å². The summed E-state index contributed by atoms with van der Waals surface area (Å²) in [6.45, 7) is 3.60. The van der Waals surface area contributed by atoms with Crippen LogP contribution in [0, 0.1) is 0 Å². The Bertz CT molecular complexity index is 1120. The number of nitrogens with one attached hydrogen (secondary N) is 1.